The predicted molar refractivity (Wildman–Crippen MR) is 108 cm³/mol. The number of aromatic nitrogens is 2. The number of carboxylic acids is 1. The number of aromatic carboxylic acids is 1. The van der Waals surface area contributed by atoms with Gasteiger partial charge in [0.15, 0.2) is 0 Å². The number of carbonyl (C=O) groups is 1. The zero-order chi connectivity index (χ0) is 20.3. The third-order valence-corrected chi connectivity index (χ3v) is 4.13. The maximum atomic E-state index is 11.4. The number of hydrogen-bond donors (Lipinski definition) is 2. The van der Waals surface area contributed by atoms with Crippen molar-refractivity contribution in [1.29, 1.82) is 0 Å². The molecule has 0 aliphatic rings. The molecule has 0 radical (unpaired) electrons. The molecule has 3 N–H and O–H groups in total. The molecule has 0 amide bonds. The van der Waals surface area contributed by atoms with E-state index in [9.17, 15) is 9.90 Å². The highest BCUT2D eigenvalue weighted by Gasteiger charge is 2.12. The Balaban J connectivity index is 1.99. The Kier molecular flexibility index (Phi) is 5.30. The summed E-state index contributed by atoms with van der Waals surface area (Å²) in [5, 5.41) is 10.2. The smallest absolute Gasteiger partial charge is 0.336 e. The van der Waals surface area contributed by atoms with Gasteiger partial charge >= 0.3 is 5.97 Å². The van der Waals surface area contributed by atoms with E-state index >= 15 is 0 Å². The quantitative estimate of drug-likeness (QED) is 0.532. The lowest BCUT2D eigenvalue weighted by molar-refractivity contribution is 0.0696. The summed E-state index contributed by atoms with van der Waals surface area (Å²) in [5.41, 5.74) is 8.39. The molecule has 0 bridgehead atoms. The monoisotopic (exact) mass is 377 g/mol. The normalized spacial score (nSPS) is 12.2. The van der Waals surface area contributed by atoms with Crippen LogP contribution in [0.1, 0.15) is 28.5 Å². The van der Waals surface area contributed by atoms with Crippen LogP contribution in [0.3, 0.4) is 0 Å². The maximum Gasteiger partial charge on any atom is 0.336 e. The number of aryl methyl sites for hydroxylation is 1. The van der Waals surface area contributed by atoms with Gasteiger partial charge in [0.05, 0.1) is 23.9 Å². The molecular formula is C20H19N5O3. The van der Waals surface area contributed by atoms with Gasteiger partial charge in [-0.05, 0) is 32.0 Å². The van der Waals surface area contributed by atoms with E-state index in [2.05, 4.69) is 20.0 Å². The van der Waals surface area contributed by atoms with E-state index in [1.807, 2.05) is 19.1 Å². The van der Waals surface area contributed by atoms with Crippen LogP contribution in [0.4, 0.5) is 5.95 Å². The highest BCUT2D eigenvalue weighted by atomic mass is 16.5. The average Bonchev–Trinajstić information content (AvgIpc) is 2.67. The summed E-state index contributed by atoms with van der Waals surface area (Å²) < 4.78 is 5.22. The number of fused-ring (bicyclic) bond motifs is 1. The van der Waals surface area contributed by atoms with Crippen molar-refractivity contribution in [2.75, 3.05) is 7.11 Å². The zero-order valence-electron chi connectivity index (χ0n) is 15.7. The second-order valence-electron chi connectivity index (χ2n) is 6.01. The van der Waals surface area contributed by atoms with Gasteiger partial charge in [0.25, 0.3) is 5.95 Å². The van der Waals surface area contributed by atoms with Gasteiger partial charge in [0.2, 0.25) is 5.96 Å². The molecule has 1 heterocycles. The Morgan fingerprint density at radius 2 is 1.86 bits per heavy atom. The van der Waals surface area contributed by atoms with Crippen LogP contribution in [0.15, 0.2) is 52.4 Å². The summed E-state index contributed by atoms with van der Waals surface area (Å²) >= 11 is 0. The van der Waals surface area contributed by atoms with E-state index in [4.69, 9.17) is 10.5 Å². The molecule has 0 fully saturated rings. The van der Waals surface area contributed by atoms with E-state index in [-0.39, 0.29) is 17.5 Å². The Hall–Kier alpha value is -3.81. The minimum Gasteiger partial charge on any atom is -0.497 e. The summed E-state index contributed by atoms with van der Waals surface area (Å²) in [5.74, 6) is -0.270. The molecule has 3 aromatic rings. The molecule has 0 atom stereocenters. The zero-order valence-corrected chi connectivity index (χ0v) is 15.7. The highest BCUT2D eigenvalue weighted by Crippen LogP contribution is 2.23. The van der Waals surface area contributed by atoms with Gasteiger partial charge < -0.3 is 15.6 Å². The van der Waals surface area contributed by atoms with E-state index in [1.54, 1.807) is 38.3 Å². The summed E-state index contributed by atoms with van der Waals surface area (Å²) in [6, 6.07) is 12.1. The molecule has 8 nitrogen and oxygen atoms in total. The summed E-state index contributed by atoms with van der Waals surface area (Å²) in [4.78, 5) is 28.5. The second kappa shape index (κ2) is 7.83. The number of hydrogen-bond acceptors (Lipinski definition) is 5. The number of nitrogens with zero attached hydrogens (tertiary/aromatic N) is 4. The molecule has 142 valence electrons. The van der Waals surface area contributed by atoms with Crippen molar-refractivity contribution in [3.8, 4) is 5.75 Å². The van der Waals surface area contributed by atoms with Crippen molar-refractivity contribution in [3.05, 3.63) is 59.3 Å². The van der Waals surface area contributed by atoms with Crippen LogP contribution in [0.5, 0.6) is 5.75 Å². The molecule has 3 rings (SSSR count). The number of ether oxygens (including phenoxy) is 1. The maximum absolute atomic E-state index is 11.4. The molecule has 1 aromatic heterocycles. The molecule has 0 unspecified atom stereocenters. The predicted octanol–water partition coefficient (Wildman–Crippen LogP) is 3.10. The number of methoxy groups -OCH3 is 1. The Morgan fingerprint density at radius 3 is 2.54 bits per heavy atom. The molecule has 2 aromatic carbocycles. The topological polar surface area (TPSA) is 123 Å². The first kappa shape index (κ1) is 19.0. The molecule has 0 aliphatic heterocycles. The Morgan fingerprint density at radius 1 is 1.14 bits per heavy atom. The first-order chi connectivity index (χ1) is 13.4. The SMILES string of the molecule is COc1ccc2c(C)nc(N=C(N)N=C(C)c3ccccc3C(=O)O)nc2c1. The minimum absolute atomic E-state index is 0.0701. The lowest BCUT2D eigenvalue weighted by Crippen LogP contribution is -2.13. The number of guanidine groups is 1. The van der Waals surface area contributed by atoms with Crippen LogP contribution in [-0.4, -0.2) is 39.8 Å². The molecule has 28 heavy (non-hydrogen) atoms. The molecule has 8 heteroatoms. The summed E-state index contributed by atoms with van der Waals surface area (Å²) in [6.07, 6.45) is 0. The molecule has 0 saturated carbocycles. The van der Waals surface area contributed by atoms with Crippen LogP contribution in [-0.2, 0) is 0 Å². The fourth-order valence-electron chi connectivity index (χ4n) is 2.77. The third kappa shape index (κ3) is 3.96. The van der Waals surface area contributed by atoms with E-state index in [0.717, 1.165) is 11.1 Å². The standard InChI is InChI=1S/C20H19N5O3/c1-11(14-6-4-5-7-16(14)18(26)27)22-19(21)25-20-23-12(2)15-9-8-13(28-3)10-17(15)24-20/h4-10H,1-3H3,(H,26,27)(H2,21,23,24,25). The number of nitrogens with two attached hydrogens (primary N) is 1. The Bertz CT molecular complexity index is 1120. The van der Waals surface area contributed by atoms with Crippen LogP contribution >= 0.6 is 0 Å². The molecular weight excluding hydrogens is 358 g/mol. The van der Waals surface area contributed by atoms with Crippen LogP contribution in [0, 0.1) is 6.92 Å². The first-order valence-electron chi connectivity index (χ1n) is 8.43. The minimum atomic E-state index is -1.04. The van der Waals surface area contributed by atoms with Gasteiger partial charge in [-0.15, -0.1) is 0 Å². The van der Waals surface area contributed by atoms with Gasteiger partial charge in [0, 0.05) is 22.7 Å². The van der Waals surface area contributed by atoms with E-state index in [1.165, 1.54) is 6.07 Å². The number of carboxylic acid groups (broad SMARTS) is 1. The fraction of sp³-hybridized carbons (Fsp3) is 0.150. The third-order valence-electron chi connectivity index (χ3n) is 4.13. The van der Waals surface area contributed by atoms with Gasteiger partial charge in [-0.1, -0.05) is 18.2 Å². The van der Waals surface area contributed by atoms with Gasteiger partial charge in [-0.3, -0.25) is 0 Å². The fourth-order valence-corrected chi connectivity index (χ4v) is 2.77. The Labute approximate surface area is 161 Å². The van der Waals surface area contributed by atoms with Crippen LogP contribution in [0.2, 0.25) is 0 Å². The van der Waals surface area contributed by atoms with Gasteiger partial charge in [-0.2, -0.15) is 4.99 Å². The van der Waals surface area contributed by atoms with Crippen molar-refractivity contribution in [3.63, 3.8) is 0 Å². The van der Waals surface area contributed by atoms with Crippen LogP contribution in [0.25, 0.3) is 10.9 Å². The number of benzene rings is 2. The van der Waals surface area contributed by atoms with Gasteiger partial charge in [-0.25, -0.2) is 19.8 Å². The van der Waals surface area contributed by atoms with E-state index < -0.39 is 5.97 Å². The molecule has 0 aliphatic carbocycles. The van der Waals surface area contributed by atoms with Crippen molar-refractivity contribution in [2.45, 2.75) is 13.8 Å². The van der Waals surface area contributed by atoms with Crippen molar-refractivity contribution < 1.29 is 14.6 Å². The molecule has 0 saturated heterocycles. The lowest BCUT2D eigenvalue weighted by Gasteiger charge is -2.06. The van der Waals surface area contributed by atoms with Crippen LogP contribution < -0.4 is 10.5 Å². The largest absolute Gasteiger partial charge is 0.497 e. The summed E-state index contributed by atoms with van der Waals surface area (Å²) in [7, 11) is 1.58. The number of rotatable bonds is 4. The highest BCUT2D eigenvalue weighted by molar-refractivity contribution is 6.11. The van der Waals surface area contributed by atoms with Crippen molar-refractivity contribution in [2.24, 2.45) is 15.7 Å². The lowest BCUT2D eigenvalue weighted by atomic mass is 10.0. The number of aliphatic imine (C=N–C) groups is 2. The average molecular weight is 377 g/mol. The van der Waals surface area contributed by atoms with E-state index in [0.29, 0.717) is 22.5 Å². The second-order valence-corrected chi connectivity index (χ2v) is 6.01. The first-order valence-corrected chi connectivity index (χ1v) is 8.43. The summed E-state index contributed by atoms with van der Waals surface area (Å²) in [6.45, 7) is 3.52. The molecule has 0 spiro atoms. The van der Waals surface area contributed by atoms with Crippen molar-refractivity contribution >= 4 is 34.5 Å². The van der Waals surface area contributed by atoms with Gasteiger partial charge in [0.1, 0.15) is 5.75 Å². The van der Waals surface area contributed by atoms with Crippen molar-refractivity contribution in [1.82, 2.24) is 9.97 Å².